The van der Waals surface area contributed by atoms with Crippen LogP contribution in [0.25, 0.3) is 38.6 Å². The van der Waals surface area contributed by atoms with Gasteiger partial charge in [0.05, 0.1) is 35.4 Å². The zero-order valence-corrected chi connectivity index (χ0v) is 24.6. The summed E-state index contributed by atoms with van der Waals surface area (Å²) in [5.74, 6) is 1.17. The summed E-state index contributed by atoms with van der Waals surface area (Å²) in [6.07, 6.45) is 4.69. The predicted molar refractivity (Wildman–Crippen MR) is 173 cm³/mol. The zero-order valence-electron chi connectivity index (χ0n) is 23.8. The van der Waals surface area contributed by atoms with Crippen molar-refractivity contribution < 1.29 is 4.74 Å². The van der Waals surface area contributed by atoms with Crippen molar-refractivity contribution in [3.63, 3.8) is 0 Å². The molecule has 1 atom stereocenters. The van der Waals surface area contributed by atoms with Crippen molar-refractivity contribution >= 4 is 45.0 Å². The number of hydrogen-bond donors (Lipinski definition) is 2. The smallest absolute Gasteiger partial charge is 0.263 e. The molecule has 220 valence electrons. The average Bonchev–Trinajstić information content (AvgIpc) is 3.07. The number of para-hydroxylation sites is 1. The third-order valence-electron chi connectivity index (χ3n) is 7.90. The van der Waals surface area contributed by atoms with Gasteiger partial charge in [-0.1, -0.05) is 48.0 Å². The standard InChI is InChI=1S/C33H28ClN7O3/c1-20(39-32-28-25(42)11-13-36-31(28)37-19-38-32)30-29(34)24-9-5-8-23(27(24)33(43)41(30)22-6-3-2-4-7-22)21-10-12-35-26(18-21)40-14-16-44-17-15-40/h2-13,18-20H,14-17H2,1H3,(H2,36,37,38,39,42)/t20-/m0/s1. The normalized spacial score (nSPS) is 14.2. The number of fused-ring (bicyclic) bond motifs is 2. The minimum Gasteiger partial charge on any atom is -0.378 e. The lowest BCUT2D eigenvalue weighted by molar-refractivity contribution is 0.122. The summed E-state index contributed by atoms with van der Waals surface area (Å²) in [5.41, 5.74) is 2.79. The molecule has 5 heterocycles. The number of benzene rings is 2. The Morgan fingerprint density at radius 2 is 1.77 bits per heavy atom. The van der Waals surface area contributed by atoms with Crippen molar-refractivity contribution in [1.29, 1.82) is 0 Å². The minimum absolute atomic E-state index is 0.218. The Bertz CT molecular complexity index is 2120. The van der Waals surface area contributed by atoms with Gasteiger partial charge < -0.3 is 19.9 Å². The molecule has 1 aliphatic rings. The largest absolute Gasteiger partial charge is 0.378 e. The number of nitrogens with one attached hydrogen (secondary N) is 2. The van der Waals surface area contributed by atoms with Crippen LogP contribution in [0.4, 0.5) is 11.6 Å². The van der Waals surface area contributed by atoms with Crippen LogP contribution in [0.5, 0.6) is 0 Å². The molecule has 10 nitrogen and oxygen atoms in total. The summed E-state index contributed by atoms with van der Waals surface area (Å²) < 4.78 is 7.16. The van der Waals surface area contributed by atoms with E-state index in [0.717, 1.165) is 30.0 Å². The lowest BCUT2D eigenvalue weighted by atomic mass is 9.98. The van der Waals surface area contributed by atoms with E-state index in [1.165, 1.54) is 12.4 Å². The first-order chi connectivity index (χ1) is 21.5. The van der Waals surface area contributed by atoms with Gasteiger partial charge in [0.25, 0.3) is 5.56 Å². The summed E-state index contributed by atoms with van der Waals surface area (Å²) >= 11 is 7.26. The third-order valence-corrected chi connectivity index (χ3v) is 8.30. The van der Waals surface area contributed by atoms with Crippen LogP contribution in [0.15, 0.2) is 95.0 Å². The fourth-order valence-electron chi connectivity index (χ4n) is 5.82. The van der Waals surface area contributed by atoms with E-state index in [0.29, 0.717) is 57.2 Å². The van der Waals surface area contributed by atoms with Gasteiger partial charge in [-0.15, -0.1) is 0 Å². The molecule has 1 aliphatic heterocycles. The number of hydrogen-bond acceptors (Lipinski definition) is 8. The van der Waals surface area contributed by atoms with Gasteiger partial charge in [-0.2, -0.15) is 0 Å². The molecular weight excluding hydrogens is 578 g/mol. The lowest BCUT2D eigenvalue weighted by Gasteiger charge is -2.28. The molecule has 6 aromatic rings. The molecule has 1 saturated heterocycles. The van der Waals surface area contributed by atoms with E-state index in [1.807, 2.05) is 67.6 Å². The van der Waals surface area contributed by atoms with Crippen LogP contribution in [0.3, 0.4) is 0 Å². The van der Waals surface area contributed by atoms with Crippen LogP contribution in [-0.4, -0.2) is 50.8 Å². The van der Waals surface area contributed by atoms with E-state index in [1.54, 1.807) is 17.0 Å². The Balaban J connectivity index is 1.43. The number of anilines is 2. The van der Waals surface area contributed by atoms with E-state index in [9.17, 15) is 9.59 Å². The molecule has 2 aromatic carbocycles. The first-order valence-corrected chi connectivity index (χ1v) is 14.7. The number of aromatic nitrogens is 5. The first kappa shape index (κ1) is 27.8. The molecule has 0 spiro atoms. The van der Waals surface area contributed by atoms with Crippen LogP contribution in [-0.2, 0) is 4.74 Å². The number of H-pyrrole nitrogens is 1. The highest BCUT2D eigenvalue weighted by Gasteiger charge is 2.25. The second kappa shape index (κ2) is 11.6. The molecule has 44 heavy (non-hydrogen) atoms. The molecule has 1 fully saturated rings. The van der Waals surface area contributed by atoms with Gasteiger partial charge in [0.1, 0.15) is 29.0 Å². The number of ether oxygens (including phenoxy) is 1. The molecule has 0 unspecified atom stereocenters. The highest BCUT2D eigenvalue weighted by Crippen LogP contribution is 2.37. The van der Waals surface area contributed by atoms with Crippen molar-refractivity contribution in [1.82, 2.24) is 24.5 Å². The molecule has 7 rings (SSSR count). The van der Waals surface area contributed by atoms with Crippen molar-refractivity contribution in [2.45, 2.75) is 13.0 Å². The molecule has 0 bridgehead atoms. The molecule has 11 heteroatoms. The fraction of sp³-hybridized carbons (Fsp3) is 0.182. The quantitative estimate of drug-likeness (QED) is 0.261. The topological polar surface area (TPSA) is 118 Å². The van der Waals surface area contributed by atoms with Gasteiger partial charge in [0, 0.05) is 42.6 Å². The number of halogens is 1. The van der Waals surface area contributed by atoms with E-state index < -0.39 is 6.04 Å². The third kappa shape index (κ3) is 4.87. The van der Waals surface area contributed by atoms with E-state index >= 15 is 0 Å². The molecular formula is C33H28ClN7O3. The molecule has 4 aromatic heterocycles. The van der Waals surface area contributed by atoms with Crippen LogP contribution >= 0.6 is 11.6 Å². The van der Waals surface area contributed by atoms with Crippen LogP contribution in [0, 0.1) is 0 Å². The second-order valence-electron chi connectivity index (χ2n) is 10.6. The number of rotatable bonds is 6. The molecule has 2 N–H and O–H groups in total. The van der Waals surface area contributed by atoms with Crippen molar-refractivity contribution in [2.24, 2.45) is 0 Å². The van der Waals surface area contributed by atoms with Crippen molar-refractivity contribution in [3.05, 3.63) is 117 Å². The van der Waals surface area contributed by atoms with Crippen molar-refractivity contribution in [3.8, 4) is 16.8 Å². The van der Waals surface area contributed by atoms with Crippen LogP contribution in [0.1, 0.15) is 18.7 Å². The second-order valence-corrected chi connectivity index (χ2v) is 10.9. The number of aromatic amines is 1. The van der Waals surface area contributed by atoms with Gasteiger partial charge in [-0.25, -0.2) is 15.0 Å². The summed E-state index contributed by atoms with van der Waals surface area (Å²) in [7, 11) is 0. The van der Waals surface area contributed by atoms with Crippen LogP contribution < -0.4 is 21.2 Å². The summed E-state index contributed by atoms with van der Waals surface area (Å²) in [4.78, 5) is 45.7. The SMILES string of the molecule is C[C@H](Nc1ncnc2[nH]ccc(=O)c12)c1c(Cl)c2cccc(-c3ccnc(N4CCOCC4)c3)c2c(=O)n1-c1ccccc1. The molecule has 0 saturated carbocycles. The molecule has 0 amide bonds. The highest BCUT2D eigenvalue weighted by atomic mass is 35.5. The van der Waals surface area contributed by atoms with Crippen molar-refractivity contribution in [2.75, 3.05) is 36.5 Å². The maximum Gasteiger partial charge on any atom is 0.263 e. The maximum absolute atomic E-state index is 14.7. The zero-order chi connectivity index (χ0) is 30.2. The Morgan fingerprint density at radius 1 is 0.955 bits per heavy atom. The molecule has 0 radical (unpaired) electrons. The van der Waals surface area contributed by atoms with Gasteiger partial charge in [0.15, 0.2) is 5.43 Å². The van der Waals surface area contributed by atoms with Gasteiger partial charge in [-0.05, 0) is 42.3 Å². The van der Waals surface area contributed by atoms with Gasteiger partial charge in [0.2, 0.25) is 0 Å². The maximum atomic E-state index is 14.7. The number of pyridine rings is 3. The highest BCUT2D eigenvalue weighted by molar-refractivity contribution is 6.36. The minimum atomic E-state index is -0.532. The van der Waals surface area contributed by atoms with Gasteiger partial charge >= 0.3 is 0 Å². The monoisotopic (exact) mass is 605 g/mol. The van der Waals surface area contributed by atoms with E-state index in [-0.39, 0.29) is 11.0 Å². The predicted octanol–water partition coefficient (Wildman–Crippen LogP) is 5.35. The van der Waals surface area contributed by atoms with Gasteiger partial charge in [-0.3, -0.25) is 14.2 Å². The number of morpholine rings is 1. The van der Waals surface area contributed by atoms with E-state index in [4.69, 9.17) is 16.3 Å². The van der Waals surface area contributed by atoms with E-state index in [2.05, 4.69) is 30.2 Å². The average molecular weight is 606 g/mol. The Labute approximate surface area is 257 Å². The Kier molecular flexibility index (Phi) is 7.29. The number of nitrogens with zero attached hydrogens (tertiary/aromatic N) is 5. The summed E-state index contributed by atoms with van der Waals surface area (Å²) in [6, 6.07) is 19.9. The van der Waals surface area contributed by atoms with Crippen LogP contribution in [0.2, 0.25) is 5.02 Å². The fourth-order valence-corrected chi connectivity index (χ4v) is 6.23. The lowest BCUT2D eigenvalue weighted by Crippen LogP contribution is -2.36. The Hall–Kier alpha value is -5.06. The summed E-state index contributed by atoms with van der Waals surface area (Å²) in [5, 5.41) is 5.20. The molecule has 0 aliphatic carbocycles. The summed E-state index contributed by atoms with van der Waals surface area (Å²) in [6.45, 7) is 4.68. The Morgan fingerprint density at radius 3 is 2.59 bits per heavy atom. The first-order valence-electron chi connectivity index (χ1n) is 14.3.